The number of amides is 3. The molecule has 2 fully saturated rings. The minimum atomic E-state index is -4.62. The third kappa shape index (κ3) is 11.3. The second kappa shape index (κ2) is 17.1. The maximum absolute atomic E-state index is 13.8. The second-order valence-electron chi connectivity index (χ2n) is 12.9. The second-order valence-corrected chi connectivity index (χ2v) is 14.1. The zero-order valence-corrected chi connectivity index (χ0v) is 27.4. The van der Waals surface area contributed by atoms with Crippen molar-refractivity contribution in [3.8, 4) is 0 Å². The number of benzene rings is 1. The standard InChI is InChI=1S/C32H51N3O8S/c1-25-16-12-13-18-27(25)30(37)41-23-15-21-32(2,3)24-42-44(39,40)43-35-26-17-11-9-7-5-4-6-8-10-14-22-34(31(35)38)28(20-19-26)29(33)36/h12-13,16,18,26,28H,4-11,14-15,17,19-24H2,1-3H3,(H2,33,36)/t26-,28+/m1/s1. The molecule has 3 rings (SSSR count). The summed E-state index contributed by atoms with van der Waals surface area (Å²) in [5.74, 6) is -1.00. The fraction of sp³-hybridized carbons (Fsp3) is 0.719. The zero-order chi connectivity index (χ0) is 32.2. The van der Waals surface area contributed by atoms with Gasteiger partial charge in [0.05, 0.1) is 24.8 Å². The molecule has 2 aliphatic rings. The number of hydrogen-bond acceptors (Lipinski definition) is 8. The Hall–Kier alpha value is -2.70. The van der Waals surface area contributed by atoms with Gasteiger partial charge in [0.15, 0.2) is 0 Å². The van der Waals surface area contributed by atoms with Gasteiger partial charge in [-0.1, -0.05) is 83.4 Å². The molecule has 2 bridgehead atoms. The molecule has 0 aliphatic carbocycles. The summed E-state index contributed by atoms with van der Waals surface area (Å²) < 4.78 is 42.3. The number of urea groups is 1. The van der Waals surface area contributed by atoms with E-state index in [4.69, 9.17) is 18.9 Å². The van der Waals surface area contributed by atoms with Gasteiger partial charge in [-0.3, -0.25) is 4.79 Å². The summed E-state index contributed by atoms with van der Waals surface area (Å²) in [6.07, 6.45) is 11.3. The Kier molecular flexibility index (Phi) is 13.9. The van der Waals surface area contributed by atoms with Gasteiger partial charge in [-0.2, -0.15) is 13.5 Å². The van der Waals surface area contributed by atoms with Crippen molar-refractivity contribution in [2.24, 2.45) is 11.1 Å². The van der Waals surface area contributed by atoms with Crippen LogP contribution in [0.5, 0.6) is 0 Å². The maximum atomic E-state index is 13.8. The molecule has 12 heteroatoms. The van der Waals surface area contributed by atoms with Crippen molar-refractivity contribution in [2.75, 3.05) is 19.8 Å². The van der Waals surface area contributed by atoms with E-state index in [9.17, 15) is 22.8 Å². The minimum Gasteiger partial charge on any atom is -0.462 e. The van der Waals surface area contributed by atoms with Gasteiger partial charge < -0.3 is 15.4 Å². The first-order valence-electron chi connectivity index (χ1n) is 16.1. The van der Waals surface area contributed by atoms with Gasteiger partial charge in [0.2, 0.25) is 5.91 Å². The van der Waals surface area contributed by atoms with Gasteiger partial charge >= 0.3 is 22.4 Å². The number of carbonyl (C=O) groups is 3. The van der Waals surface area contributed by atoms with Crippen molar-refractivity contribution < 1.29 is 36.0 Å². The van der Waals surface area contributed by atoms with E-state index in [1.165, 1.54) is 11.3 Å². The van der Waals surface area contributed by atoms with Crippen LogP contribution in [0.2, 0.25) is 0 Å². The molecule has 2 atom stereocenters. The van der Waals surface area contributed by atoms with Crippen molar-refractivity contribution in [3.63, 3.8) is 0 Å². The van der Waals surface area contributed by atoms with Crippen LogP contribution in [0.3, 0.4) is 0 Å². The van der Waals surface area contributed by atoms with E-state index in [1.807, 2.05) is 32.9 Å². The van der Waals surface area contributed by atoms with Crippen molar-refractivity contribution in [1.29, 1.82) is 0 Å². The van der Waals surface area contributed by atoms with Crippen LogP contribution in [-0.2, 0) is 28.4 Å². The monoisotopic (exact) mass is 637 g/mol. The number of fused-ring (bicyclic) bond motifs is 3. The smallest absolute Gasteiger partial charge is 0.421 e. The van der Waals surface area contributed by atoms with Crippen molar-refractivity contribution in [2.45, 2.75) is 123 Å². The number of nitrogens with two attached hydrogens (primary N) is 1. The van der Waals surface area contributed by atoms with Crippen LogP contribution in [-0.4, -0.2) is 68.1 Å². The Labute approximate surface area is 263 Å². The van der Waals surface area contributed by atoms with Crippen LogP contribution in [0, 0.1) is 12.3 Å². The molecule has 1 aromatic carbocycles. The fourth-order valence-corrected chi connectivity index (χ4v) is 6.75. The van der Waals surface area contributed by atoms with Gasteiger partial charge in [-0.05, 0) is 62.5 Å². The molecular weight excluding hydrogens is 586 g/mol. The van der Waals surface area contributed by atoms with Crippen molar-refractivity contribution in [1.82, 2.24) is 9.96 Å². The van der Waals surface area contributed by atoms with Gasteiger partial charge in [-0.15, -0.1) is 4.28 Å². The molecule has 2 N–H and O–H groups in total. The van der Waals surface area contributed by atoms with E-state index in [0.29, 0.717) is 50.6 Å². The number of aryl methyl sites for hydroxylation is 1. The molecule has 2 aliphatic heterocycles. The molecular formula is C32H51N3O8S. The Morgan fingerprint density at radius 1 is 0.955 bits per heavy atom. The first-order chi connectivity index (χ1) is 20.9. The first-order valence-corrected chi connectivity index (χ1v) is 17.4. The van der Waals surface area contributed by atoms with Gasteiger partial charge in [0, 0.05) is 6.54 Å². The highest BCUT2D eigenvalue weighted by Crippen LogP contribution is 2.29. The lowest BCUT2D eigenvalue weighted by Gasteiger charge is -2.33. The van der Waals surface area contributed by atoms with Crippen LogP contribution in [0.4, 0.5) is 4.79 Å². The summed E-state index contributed by atoms with van der Waals surface area (Å²) in [6.45, 7) is 5.81. The van der Waals surface area contributed by atoms with E-state index in [1.54, 1.807) is 12.1 Å². The highest BCUT2D eigenvalue weighted by molar-refractivity contribution is 7.81. The summed E-state index contributed by atoms with van der Waals surface area (Å²) in [5.41, 5.74) is 6.46. The van der Waals surface area contributed by atoms with Crippen LogP contribution in [0.1, 0.15) is 120 Å². The first kappa shape index (κ1) is 35.8. The number of hydrogen-bond donors (Lipinski definition) is 1. The van der Waals surface area contributed by atoms with E-state index >= 15 is 0 Å². The average Bonchev–Trinajstić information content (AvgIpc) is 3.09. The lowest BCUT2D eigenvalue weighted by molar-refractivity contribution is -0.122. The number of carbonyl (C=O) groups excluding carboxylic acids is 3. The Bertz CT molecular complexity index is 1210. The molecule has 0 unspecified atom stereocenters. The molecule has 44 heavy (non-hydrogen) atoms. The van der Waals surface area contributed by atoms with Crippen LogP contribution in [0.15, 0.2) is 24.3 Å². The number of hydroxylamine groups is 2. The van der Waals surface area contributed by atoms with Gasteiger partial charge in [0.1, 0.15) is 6.04 Å². The number of rotatable bonds is 11. The van der Waals surface area contributed by atoms with Crippen molar-refractivity contribution >= 4 is 28.3 Å². The summed E-state index contributed by atoms with van der Waals surface area (Å²) in [7, 11) is -4.62. The summed E-state index contributed by atoms with van der Waals surface area (Å²) in [5, 5.41) is 0.913. The topological polar surface area (TPSA) is 146 Å². The van der Waals surface area contributed by atoms with Gasteiger partial charge in [-0.25, -0.2) is 13.8 Å². The Morgan fingerprint density at radius 2 is 1.59 bits per heavy atom. The van der Waals surface area contributed by atoms with Crippen LogP contribution >= 0.6 is 0 Å². The number of ether oxygens (including phenoxy) is 1. The summed E-state index contributed by atoms with van der Waals surface area (Å²) >= 11 is 0. The molecule has 0 radical (unpaired) electrons. The van der Waals surface area contributed by atoms with E-state index in [2.05, 4.69) is 0 Å². The number of nitrogens with zero attached hydrogens (tertiary/aromatic N) is 2. The molecule has 1 aromatic rings. The lowest BCUT2D eigenvalue weighted by Crippen LogP contribution is -2.52. The molecule has 3 amide bonds. The predicted molar refractivity (Wildman–Crippen MR) is 167 cm³/mol. The maximum Gasteiger partial charge on any atom is 0.421 e. The largest absolute Gasteiger partial charge is 0.462 e. The predicted octanol–water partition coefficient (Wildman–Crippen LogP) is 5.81. The molecule has 2 saturated heterocycles. The summed E-state index contributed by atoms with van der Waals surface area (Å²) in [4.78, 5) is 39.9. The SMILES string of the molecule is Cc1ccccc1C(=O)OCCCC(C)(C)COS(=O)(=O)ON1C(=O)N2CCCCCCCCCCC[C@@H]1CC[C@H]2C(N)=O. The summed E-state index contributed by atoms with van der Waals surface area (Å²) in [6, 6.07) is 5.16. The average molecular weight is 638 g/mol. The fourth-order valence-electron chi connectivity index (χ4n) is 5.86. The van der Waals surface area contributed by atoms with Crippen LogP contribution in [0.25, 0.3) is 0 Å². The number of primary amides is 1. The zero-order valence-electron chi connectivity index (χ0n) is 26.6. The Balaban J connectivity index is 1.62. The third-order valence-electron chi connectivity index (χ3n) is 8.54. The highest BCUT2D eigenvalue weighted by Gasteiger charge is 2.41. The van der Waals surface area contributed by atoms with Gasteiger partial charge in [0.25, 0.3) is 0 Å². The number of esters is 1. The van der Waals surface area contributed by atoms with E-state index in [0.717, 1.165) is 55.6 Å². The molecule has 0 spiro atoms. The lowest BCUT2D eigenvalue weighted by atomic mass is 9.89. The molecule has 248 valence electrons. The Morgan fingerprint density at radius 3 is 2.25 bits per heavy atom. The third-order valence-corrected chi connectivity index (χ3v) is 9.29. The van der Waals surface area contributed by atoms with Crippen LogP contribution < -0.4 is 5.73 Å². The van der Waals surface area contributed by atoms with E-state index < -0.39 is 45.8 Å². The highest BCUT2D eigenvalue weighted by atomic mass is 32.3. The molecule has 0 aromatic heterocycles. The van der Waals surface area contributed by atoms with Crippen molar-refractivity contribution in [3.05, 3.63) is 35.4 Å². The molecule has 2 heterocycles. The molecule has 11 nitrogen and oxygen atoms in total. The quantitative estimate of drug-likeness (QED) is 0.236. The van der Waals surface area contributed by atoms with E-state index in [-0.39, 0.29) is 13.2 Å². The molecule has 0 saturated carbocycles. The normalized spacial score (nSPS) is 21.3. The minimum absolute atomic E-state index is 0.181.